The summed E-state index contributed by atoms with van der Waals surface area (Å²) in [6.45, 7) is 0.580. The van der Waals surface area contributed by atoms with Gasteiger partial charge in [-0.25, -0.2) is 4.98 Å². The van der Waals surface area contributed by atoms with Gasteiger partial charge in [-0.2, -0.15) is 0 Å². The van der Waals surface area contributed by atoms with Gasteiger partial charge in [0.15, 0.2) is 0 Å². The summed E-state index contributed by atoms with van der Waals surface area (Å²) in [5.41, 5.74) is 5.18. The third kappa shape index (κ3) is 3.90. The lowest BCUT2D eigenvalue weighted by molar-refractivity contribution is 0.671. The molecule has 0 saturated carbocycles. The summed E-state index contributed by atoms with van der Waals surface area (Å²) in [5.74, 6) is 0.708. The van der Waals surface area contributed by atoms with Crippen molar-refractivity contribution < 1.29 is 0 Å². The van der Waals surface area contributed by atoms with E-state index >= 15 is 0 Å². The van der Waals surface area contributed by atoms with Crippen LogP contribution in [0, 0.1) is 0 Å². The molecule has 0 bridgehead atoms. The van der Waals surface area contributed by atoms with E-state index < -0.39 is 0 Å². The Labute approximate surface area is 181 Å². The number of para-hydroxylation sites is 1. The Morgan fingerprint density at radius 2 is 1.19 bits per heavy atom. The van der Waals surface area contributed by atoms with E-state index in [1.54, 1.807) is 0 Å². The van der Waals surface area contributed by atoms with Crippen molar-refractivity contribution in [1.82, 2.24) is 9.55 Å². The first-order valence-electron chi connectivity index (χ1n) is 10.5. The highest BCUT2D eigenvalue weighted by atomic mass is 16.1. The van der Waals surface area contributed by atoms with E-state index in [-0.39, 0.29) is 5.56 Å². The van der Waals surface area contributed by atoms with Crippen LogP contribution in [0.4, 0.5) is 0 Å². The second-order valence-corrected chi connectivity index (χ2v) is 7.59. The minimum atomic E-state index is 0.00340. The van der Waals surface area contributed by atoms with Crippen LogP contribution in [0.1, 0.15) is 5.56 Å². The Morgan fingerprint density at radius 3 is 1.94 bits per heavy atom. The van der Waals surface area contributed by atoms with Gasteiger partial charge in [0.05, 0.1) is 10.9 Å². The molecule has 0 spiro atoms. The van der Waals surface area contributed by atoms with Crippen LogP contribution in [-0.2, 0) is 13.0 Å². The van der Waals surface area contributed by atoms with Crippen LogP contribution in [0.3, 0.4) is 0 Å². The quantitative estimate of drug-likeness (QED) is 0.363. The van der Waals surface area contributed by atoms with Gasteiger partial charge in [0, 0.05) is 12.1 Å². The summed E-state index contributed by atoms with van der Waals surface area (Å²) in [4.78, 5) is 18.2. The van der Waals surface area contributed by atoms with E-state index in [0.717, 1.165) is 23.1 Å². The average Bonchev–Trinajstić information content (AvgIpc) is 2.85. The lowest BCUT2D eigenvalue weighted by Gasteiger charge is -2.14. The zero-order chi connectivity index (χ0) is 21.0. The lowest BCUT2D eigenvalue weighted by Crippen LogP contribution is -2.24. The Bertz CT molecular complexity index is 1370. The number of nitrogens with zero attached hydrogens (tertiary/aromatic N) is 2. The summed E-state index contributed by atoms with van der Waals surface area (Å²) in [6, 6.07) is 36.4. The molecule has 5 aromatic rings. The van der Waals surface area contributed by atoms with Gasteiger partial charge in [-0.3, -0.25) is 9.36 Å². The number of hydrogen-bond donors (Lipinski definition) is 0. The molecule has 0 aliphatic rings. The summed E-state index contributed by atoms with van der Waals surface area (Å²) < 4.78 is 1.81. The molecule has 0 atom stereocenters. The molecule has 0 aliphatic carbocycles. The Hall–Kier alpha value is -3.98. The average molecular weight is 402 g/mol. The molecule has 3 nitrogen and oxygen atoms in total. The largest absolute Gasteiger partial charge is 0.292 e. The first-order valence-corrected chi connectivity index (χ1v) is 10.5. The topological polar surface area (TPSA) is 34.9 Å². The maximum atomic E-state index is 13.4. The lowest BCUT2D eigenvalue weighted by atomic mass is 10.0. The first kappa shape index (κ1) is 19.0. The Balaban J connectivity index is 1.59. The molecule has 0 fully saturated rings. The zero-order valence-electron chi connectivity index (χ0n) is 17.1. The minimum Gasteiger partial charge on any atom is -0.292 e. The maximum absolute atomic E-state index is 13.4. The monoisotopic (exact) mass is 402 g/mol. The fourth-order valence-corrected chi connectivity index (χ4v) is 3.92. The van der Waals surface area contributed by atoms with Crippen molar-refractivity contribution in [1.29, 1.82) is 0 Å². The summed E-state index contributed by atoms with van der Waals surface area (Å²) in [5, 5.41) is 0.653. The SMILES string of the molecule is O=c1c2ccccc2nc(-c2ccc(-c3ccccc3)cc2)n1CCc1ccccc1. The molecule has 1 heterocycles. The molecule has 0 unspecified atom stereocenters. The maximum Gasteiger partial charge on any atom is 0.261 e. The fraction of sp³-hybridized carbons (Fsp3) is 0.0714. The standard InChI is InChI=1S/C28H22N2O/c31-28-25-13-7-8-14-26(25)29-27(30(28)20-19-21-9-3-1-4-10-21)24-17-15-23(16-18-24)22-11-5-2-6-12-22/h1-18H,19-20H2. The molecule has 0 saturated heterocycles. The van der Waals surface area contributed by atoms with Crippen LogP contribution in [0.25, 0.3) is 33.4 Å². The number of benzene rings is 4. The van der Waals surface area contributed by atoms with Gasteiger partial charge >= 0.3 is 0 Å². The van der Waals surface area contributed by atoms with Crippen molar-refractivity contribution in [2.45, 2.75) is 13.0 Å². The molecular formula is C28H22N2O. The van der Waals surface area contributed by atoms with E-state index in [1.165, 1.54) is 11.1 Å². The Morgan fingerprint density at radius 1 is 0.613 bits per heavy atom. The van der Waals surface area contributed by atoms with Crippen LogP contribution in [0.5, 0.6) is 0 Å². The highest BCUT2D eigenvalue weighted by Gasteiger charge is 2.13. The number of rotatable bonds is 5. The van der Waals surface area contributed by atoms with Crippen molar-refractivity contribution in [3.8, 4) is 22.5 Å². The molecule has 4 aromatic carbocycles. The van der Waals surface area contributed by atoms with E-state index in [2.05, 4.69) is 48.5 Å². The van der Waals surface area contributed by atoms with Crippen LogP contribution < -0.4 is 5.56 Å². The van der Waals surface area contributed by atoms with Gasteiger partial charge in [0.2, 0.25) is 0 Å². The van der Waals surface area contributed by atoms with E-state index in [1.807, 2.05) is 65.2 Å². The van der Waals surface area contributed by atoms with Gasteiger partial charge in [-0.15, -0.1) is 0 Å². The Kier molecular flexibility index (Phi) is 5.16. The van der Waals surface area contributed by atoms with Crippen LogP contribution in [0.2, 0.25) is 0 Å². The van der Waals surface area contributed by atoms with Gasteiger partial charge < -0.3 is 0 Å². The van der Waals surface area contributed by atoms with Crippen molar-refractivity contribution >= 4 is 10.9 Å². The number of aromatic nitrogens is 2. The number of hydrogen-bond acceptors (Lipinski definition) is 2. The molecule has 0 radical (unpaired) electrons. The van der Waals surface area contributed by atoms with Crippen molar-refractivity contribution in [2.75, 3.05) is 0 Å². The highest BCUT2D eigenvalue weighted by Crippen LogP contribution is 2.24. The summed E-state index contributed by atoms with van der Waals surface area (Å²) in [6.07, 6.45) is 0.774. The summed E-state index contributed by atoms with van der Waals surface area (Å²) >= 11 is 0. The van der Waals surface area contributed by atoms with Crippen LogP contribution in [-0.4, -0.2) is 9.55 Å². The molecule has 1 aromatic heterocycles. The van der Waals surface area contributed by atoms with Crippen LogP contribution in [0.15, 0.2) is 114 Å². The van der Waals surface area contributed by atoms with Crippen LogP contribution >= 0.6 is 0 Å². The zero-order valence-corrected chi connectivity index (χ0v) is 17.1. The molecule has 31 heavy (non-hydrogen) atoms. The predicted molar refractivity (Wildman–Crippen MR) is 127 cm³/mol. The molecule has 0 aliphatic heterocycles. The molecule has 3 heteroatoms. The van der Waals surface area contributed by atoms with Gasteiger partial charge in [-0.05, 0) is 35.2 Å². The normalized spacial score (nSPS) is 11.0. The molecule has 5 rings (SSSR count). The van der Waals surface area contributed by atoms with E-state index in [9.17, 15) is 4.79 Å². The highest BCUT2D eigenvalue weighted by molar-refractivity contribution is 5.80. The number of aryl methyl sites for hydroxylation is 1. The van der Waals surface area contributed by atoms with Gasteiger partial charge in [0.25, 0.3) is 5.56 Å². The van der Waals surface area contributed by atoms with E-state index in [0.29, 0.717) is 17.8 Å². The minimum absolute atomic E-state index is 0.00340. The molecular weight excluding hydrogens is 380 g/mol. The molecule has 0 amide bonds. The first-order chi connectivity index (χ1) is 15.3. The fourth-order valence-electron chi connectivity index (χ4n) is 3.92. The smallest absolute Gasteiger partial charge is 0.261 e. The van der Waals surface area contributed by atoms with Gasteiger partial charge in [-0.1, -0.05) is 97.1 Å². The number of fused-ring (bicyclic) bond motifs is 1. The second-order valence-electron chi connectivity index (χ2n) is 7.59. The van der Waals surface area contributed by atoms with Crippen molar-refractivity contribution in [3.05, 3.63) is 125 Å². The molecule has 0 N–H and O–H groups in total. The third-order valence-electron chi connectivity index (χ3n) is 5.58. The van der Waals surface area contributed by atoms with Crippen molar-refractivity contribution in [2.24, 2.45) is 0 Å². The van der Waals surface area contributed by atoms with Crippen molar-refractivity contribution in [3.63, 3.8) is 0 Å². The summed E-state index contributed by atoms with van der Waals surface area (Å²) in [7, 11) is 0. The van der Waals surface area contributed by atoms with E-state index in [4.69, 9.17) is 4.98 Å². The van der Waals surface area contributed by atoms with Gasteiger partial charge in [0.1, 0.15) is 5.82 Å². The second kappa shape index (κ2) is 8.41. The third-order valence-corrected chi connectivity index (χ3v) is 5.58. The molecule has 150 valence electrons. The predicted octanol–water partition coefficient (Wildman–Crippen LogP) is 5.97.